The largest absolute Gasteiger partial charge is 0.375 e. The zero-order valence-electron chi connectivity index (χ0n) is 11.6. The van der Waals surface area contributed by atoms with E-state index in [1.807, 2.05) is 0 Å². The van der Waals surface area contributed by atoms with Crippen molar-refractivity contribution < 1.29 is 4.74 Å². The Hall–Kier alpha value is -0.860. The second-order valence-corrected chi connectivity index (χ2v) is 5.24. The smallest absolute Gasteiger partial charge is 0.0580 e. The molecule has 0 saturated carbocycles. The van der Waals surface area contributed by atoms with Crippen molar-refractivity contribution in [3.05, 3.63) is 35.9 Å². The summed E-state index contributed by atoms with van der Waals surface area (Å²) in [4.78, 5) is 0. The van der Waals surface area contributed by atoms with Crippen LogP contribution in [0.5, 0.6) is 0 Å². The standard InChI is InChI=1S/C16H25NO/c1-3-17-16(14-7-5-4-6-8-14)12-11-15-10-9-13(2)18-15/h4-8,13,15-17H,3,9-12H2,1-2H3. The van der Waals surface area contributed by atoms with Gasteiger partial charge in [-0.05, 0) is 44.7 Å². The summed E-state index contributed by atoms with van der Waals surface area (Å²) in [6.45, 7) is 5.37. The second kappa shape index (κ2) is 6.91. The van der Waals surface area contributed by atoms with Gasteiger partial charge in [-0.3, -0.25) is 0 Å². The highest BCUT2D eigenvalue weighted by molar-refractivity contribution is 5.18. The highest BCUT2D eigenvalue weighted by Crippen LogP contribution is 2.26. The van der Waals surface area contributed by atoms with Crippen LogP contribution in [0.25, 0.3) is 0 Å². The fraction of sp³-hybridized carbons (Fsp3) is 0.625. The monoisotopic (exact) mass is 247 g/mol. The quantitative estimate of drug-likeness (QED) is 0.828. The summed E-state index contributed by atoms with van der Waals surface area (Å²) in [6, 6.07) is 11.2. The van der Waals surface area contributed by atoms with E-state index in [-0.39, 0.29) is 0 Å². The molecule has 1 aliphatic heterocycles. The maximum absolute atomic E-state index is 5.90. The summed E-state index contributed by atoms with van der Waals surface area (Å²) in [5, 5.41) is 3.58. The zero-order valence-corrected chi connectivity index (χ0v) is 11.6. The lowest BCUT2D eigenvalue weighted by molar-refractivity contribution is 0.0481. The van der Waals surface area contributed by atoms with Gasteiger partial charge in [0.1, 0.15) is 0 Å². The van der Waals surface area contributed by atoms with Gasteiger partial charge in [0.2, 0.25) is 0 Å². The molecule has 3 unspecified atom stereocenters. The van der Waals surface area contributed by atoms with Gasteiger partial charge in [0.05, 0.1) is 12.2 Å². The molecule has 0 bridgehead atoms. The summed E-state index contributed by atoms with van der Waals surface area (Å²) >= 11 is 0. The van der Waals surface area contributed by atoms with E-state index in [4.69, 9.17) is 4.74 Å². The number of hydrogen-bond acceptors (Lipinski definition) is 2. The molecule has 1 aromatic rings. The van der Waals surface area contributed by atoms with E-state index >= 15 is 0 Å². The van der Waals surface area contributed by atoms with Crippen LogP contribution in [-0.4, -0.2) is 18.8 Å². The molecule has 0 spiro atoms. The van der Waals surface area contributed by atoms with E-state index in [0.717, 1.165) is 19.4 Å². The van der Waals surface area contributed by atoms with Crippen molar-refractivity contribution in [3.8, 4) is 0 Å². The second-order valence-electron chi connectivity index (χ2n) is 5.24. The normalized spacial score (nSPS) is 25.2. The lowest BCUT2D eigenvalue weighted by Gasteiger charge is -2.20. The van der Waals surface area contributed by atoms with Crippen molar-refractivity contribution in [2.24, 2.45) is 0 Å². The van der Waals surface area contributed by atoms with E-state index in [0.29, 0.717) is 18.2 Å². The van der Waals surface area contributed by atoms with Crippen LogP contribution in [0.2, 0.25) is 0 Å². The Kier molecular flexibility index (Phi) is 5.21. The molecular formula is C16H25NO. The molecule has 0 aliphatic carbocycles. The molecule has 2 nitrogen and oxygen atoms in total. The third-order valence-corrected chi connectivity index (χ3v) is 3.75. The van der Waals surface area contributed by atoms with Crippen LogP contribution in [0.4, 0.5) is 0 Å². The van der Waals surface area contributed by atoms with Crippen molar-refractivity contribution in [2.45, 2.75) is 57.8 Å². The summed E-state index contributed by atoms with van der Waals surface area (Å²) in [5.41, 5.74) is 1.39. The molecular weight excluding hydrogens is 222 g/mol. The molecule has 0 amide bonds. The maximum Gasteiger partial charge on any atom is 0.0580 e. The van der Waals surface area contributed by atoms with Gasteiger partial charge in [-0.25, -0.2) is 0 Å². The molecule has 0 radical (unpaired) electrons. The Morgan fingerprint density at radius 2 is 2.06 bits per heavy atom. The highest BCUT2D eigenvalue weighted by atomic mass is 16.5. The van der Waals surface area contributed by atoms with Gasteiger partial charge in [-0.1, -0.05) is 37.3 Å². The van der Waals surface area contributed by atoms with Crippen LogP contribution in [0, 0.1) is 0 Å². The average Bonchev–Trinajstić information content (AvgIpc) is 2.81. The molecule has 2 rings (SSSR count). The minimum Gasteiger partial charge on any atom is -0.375 e. The predicted octanol–water partition coefficient (Wildman–Crippen LogP) is 3.68. The zero-order chi connectivity index (χ0) is 12.8. The molecule has 0 aromatic heterocycles. The van der Waals surface area contributed by atoms with Crippen molar-refractivity contribution in [1.82, 2.24) is 5.32 Å². The summed E-state index contributed by atoms with van der Waals surface area (Å²) < 4.78 is 5.90. The summed E-state index contributed by atoms with van der Waals surface area (Å²) in [6.07, 6.45) is 5.72. The number of ether oxygens (including phenoxy) is 1. The number of rotatable bonds is 6. The lowest BCUT2D eigenvalue weighted by Crippen LogP contribution is -2.22. The molecule has 1 heterocycles. The van der Waals surface area contributed by atoms with Crippen molar-refractivity contribution >= 4 is 0 Å². The first-order valence-corrected chi connectivity index (χ1v) is 7.23. The Balaban J connectivity index is 1.87. The molecule has 1 aliphatic rings. The van der Waals surface area contributed by atoms with Crippen LogP contribution < -0.4 is 5.32 Å². The van der Waals surface area contributed by atoms with Crippen molar-refractivity contribution in [3.63, 3.8) is 0 Å². The summed E-state index contributed by atoms with van der Waals surface area (Å²) in [7, 11) is 0. The fourth-order valence-corrected chi connectivity index (χ4v) is 2.77. The Morgan fingerprint density at radius 1 is 1.28 bits per heavy atom. The van der Waals surface area contributed by atoms with Crippen molar-refractivity contribution in [1.29, 1.82) is 0 Å². The van der Waals surface area contributed by atoms with Crippen molar-refractivity contribution in [2.75, 3.05) is 6.54 Å². The van der Waals surface area contributed by atoms with Gasteiger partial charge < -0.3 is 10.1 Å². The SMILES string of the molecule is CCNC(CCC1CCC(C)O1)c1ccccc1. The first kappa shape index (κ1) is 13.6. The fourth-order valence-electron chi connectivity index (χ4n) is 2.77. The Labute approximate surface area is 111 Å². The van der Waals surface area contributed by atoms with E-state index < -0.39 is 0 Å². The molecule has 1 N–H and O–H groups in total. The number of benzene rings is 1. The van der Waals surface area contributed by atoms with Gasteiger partial charge in [0, 0.05) is 6.04 Å². The van der Waals surface area contributed by atoms with Gasteiger partial charge in [-0.2, -0.15) is 0 Å². The first-order valence-electron chi connectivity index (χ1n) is 7.23. The van der Waals surface area contributed by atoms with Crippen LogP contribution in [-0.2, 0) is 4.74 Å². The number of hydrogen-bond donors (Lipinski definition) is 1. The first-order chi connectivity index (χ1) is 8.79. The minimum absolute atomic E-state index is 0.462. The molecule has 18 heavy (non-hydrogen) atoms. The van der Waals surface area contributed by atoms with Crippen LogP contribution >= 0.6 is 0 Å². The van der Waals surface area contributed by atoms with Gasteiger partial charge in [-0.15, -0.1) is 0 Å². The van der Waals surface area contributed by atoms with Gasteiger partial charge >= 0.3 is 0 Å². The van der Waals surface area contributed by atoms with Crippen LogP contribution in [0.1, 0.15) is 51.1 Å². The molecule has 2 heteroatoms. The van der Waals surface area contributed by atoms with Crippen LogP contribution in [0.3, 0.4) is 0 Å². The van der Waals surface area contributed by atoms with Crippen LogP contribution in [0.15, 0.2) is 30.3 Å². The molecule has 1 aromatic carbocycles. The molecule has 100 valence electrons. The third-order valence-electron chi connectivity index (χ3n) is 3.75. The summed E-state index contributed by atoms with van der Waals surface area (Å²) in [5.74, 6) is 0. The molecule has 1 saturated heterocycles. The lowest BCUT2D eigenvalue weighted by atomic mass is 9.99. The average molecular weight is 247 g/mol. The minimum atomic E-state index is 0.462. The van der Waals surface area contributed by atoms with Gasteiger partial charge in [0.25, 0.3) is 0 Å². The molecule has 3 atom stereocenters. The molecule has 1 fully saturated rings. The maximum atomic E-state index is 5.90. The topological polar surface area (TPSA) is 21.3 Å². The number of nitrogens with one attached hydrogen (secondary N) is 1. The van der Waals surface area contributed by atoms with Gasteiger partial charge in [0.15, 0.2) is 0 Å². The Bertz CT molecular complexity index is 338. The Morgan fingerprint density at radius 3 is 2.67 bits per heavy atom. The van der Waals surface area contributed by atoms with E-state index in [1.54, 1.807) is 0 Å². The highest BCUT2D eigenvalue weighted by Gasteiger charge is 2.22. The van der Waals surface area contributed by atoms with E-state index in [1.165, 1.54) is 18.4 Å². The van der Waals surface area contributed by atoms with E-state index in [9.17, 15) is 0 Å². The van der Waals surface area contributed by atoms with E-state index in [2.05, 4.69) is 49.5 Å². The predicted molar refractivity (Wildman–Crippen MR) is 75.7 cm³/mol. The third kappa shape index (κ3) is 3.82.